The molecule has 2 aliphatic heterocycles. The number of carbonyl (C=O) groups excluding carboxylic acids is 2. The van der Waals surface area contributed by atoms with Crippen LogP contribution in [0, 0.1) is 0 Å². The van der Waals surface area contributed by atoms with Crippen molar-refractivity contribution in [1.29, 1.82) is 0 Å². The van der Waals surface area contributed by atoms with Crippen molar-refractivity contribution < 1.29 is 18.0 Å². The number of hydrogen-bond acceptors (Lipinski definition) is 5. The van der Waals surface area contributed by atoms with Gasteiger partial charge in [-0.3, -0.25) is 9.59 Å². The van der Waals surface area contributed by atoms with Crippen LogP contribution < -0.4 is 4.90 Å². The number of rotatable bonds is 7. The summed E-state index contributed by atoms with van der Waals surface area (Å²) in [6.07, 6.45) is 1.30. The van der Waals surface area contributed by atoms with Crippen LogP contribution in [0.25, 0.3) is 10.8 Å². The summed E-state index contributed by atoms with van der Waals surface area (Å²) >= 11 is 1.17. The van der Waals surface area contributed by atoms with Gasteiger partial charge in [-0.15, -0.1) is 11.3 Å². The lowest BCUT2D eigenvalue weighted by Gasteiger charge is -2.23. The molecule has 0 spiro atoms. The molecule has 1 atom stereocenters. The Hall–Kier alpha value is -3.33. The first-order valence-electron chi connectivity index (χ1n) is 11.9. The molecule has 36 heavy (non-hydrogen) atoms. The highest BCUT2D eigenvalue weighted by Crippen LogP contribution is 2.40. The van der Waals surface area contributed by atoms with Gasteiger partial charge < -0.3 is 4.90 Å². The summed E-state index contributed by atoms with van der Waals surface area (Å²) < 4.78 is 27.9. The molecule has 0 radical (unpaired) electrons. The van der Waals surface area contributed by atoms with Crippen molar-refractivity contribution in [2.24, 2.45) is 0 Å². The number of Topliss-reactive ketones (excluding diaryl/α,β-unsaturated/α-hetero) is 1. The standard InChI is InChI=1S/C28H24N2O4S2/c31-25(23-11-5-15-30(23)36(33,34)26-12-6-16-35-26)17-20-13-14-24-27-21(20)9-4-10-22(27)28(32)29(24)18-19-7-2-1-3-8-19/h1-4,6-10,12-14,16,23H,5,11,15,17-18H2. The van der Waals surface area contributed by atoms with E-state index in [2.05, 4.69) is 0 Å². The highest BCUT2D eigenvalue weighted by Gasteiger charge is 2.40. The van der Waals surface area contributed by atoms with E-state index in [1.54, 1.807) is 22.4 Å². The molecule has 1 unspecified atom stereocenters. The van der Waals surface area contributed by atoms with Gasteiger partial charge in [0.2, 0.25) is 0 Å². The molecule has 182 valence electrons. The molecule has 3 heterocycles. The number of sulfonamides is 1. The summed E-state index contributed by atoms with van der Waals surface area (Å²) in [7, 11) is -3.69. The average molecular weight is 517 g/mol. The van der Waals surface area contributed by atoms with Gasteiger partial charge in [0.15, 0.2) is 5.78 Å². The number of carbonyl (C=O) groups is 2. The van der Waals surface area contributed by atoms with Crippen LogP contribution in [0.4, 0.5) is 5.69 Å². The Bertz CT molecular complexity index is 1580. The third-order valence-corrected chi connectivity index (χ3v) is 10.3. The predicted molar refractivity (Wildman–Crippen MR) is 141 cm³/mol. The average Bonchev–Trinajstić information content (AvgIpc) is 3.65. The van der Waals surface area contributed by atoms with E-state index < -0.39 is 16.1 Å². The van der Waals surface area contributed by atoms with Gasteiger partial charge in [-0.05, 0) is 52.9 Å². The van der Waals surface area contributed by atoms with E-state index in [1.807, 2.05) is 60.7 Å². The van der Waals surface area contributed by atoms with Gasteiger partial charge in [-0.25, -0.2) is 8.42 Å². The third kappa shape index (κ3) is 3.77. The number of thiophene rings is 1. The third-order valence-electron chi connectivity index (χ3n) is 7.06. The summed E-state index contributed by atoms with van der Waals surface area (Å²) in [6.45, 7) is 0.822. The van der Waals surface area contributed by atoms with Crippen LogP contribution in [0.5, 0.6) is 0 Å². The maximum absolute atomic E-state index is 13.5. The van der Waals surface area contributed by atoms with Crippen molar-refractivity contribution in [3.8, 4) is 0 Å². The smallest absolute Gasteiger partial charge is 0.259 e. The molecule has 0 aliphatic carbocycles. The van der Waals surface area contributed by atoms with Crippen LogP contribution >= 0.6 is 11.3 Å². The summed E-state index contributed by atoms with van der Waals surface area (Å²) in [5, 5.41) is 3.46. The van der Waals surface area contributed by atoms with E-state index in [4.69, 9.17) is 0 Å². The number of anilines is 1. The number of benzene rings is 3. The van der Waals surface area contributed by atoms with Crippen LogP contribution in [0.15, 0.2) is 82.4 Å². The molecule has 8 heteroatoms. The van der Waals surface area contributed by atoms with Gasteiger partial charge in [0.1, 0.15) is 4.21 Å². The van der Waals surface area contributed by atoms with Crippen molar-refractivity contribution in [2.45, 2.75) is 36.1 Å². The van der Waals surface area contributed by atoms with Crippen molar-refractivity contribution in [1.82, 2.24) is 4.31 Å². The second kappa shape index (κ2) is 8.96. The Morgan fingerprint density at radius 2 is 1.81 bits per heavy atom. The summed E-state index contributed by atoms with van der Waals surface area (Å²) in [5.41, 5.74) is 3.33. The predicted octanol–water partition coefficient (Wildman–Crippen LogP) is 5.03. The molecule has 6 nitrogen and oxygen atoms in total. The van der Waals surface area contributed by atoms with Crippen LogP contribution in [-0.2, 0) is 27.8 Å². The maximum atomic E-state index is 13.5. The summed E-state index contributed by atoms with van der Waals surface area (Å²) in [6, 6.07) is 21.9. The van der Waals surface area contributed by atoms with Crippen LogP contribution in [-0.4, -0.2) is 37.0 Å². The number of amides is 1. The first kappa shape index (κ1) is 23.1. The molecule has 0 saturated carbocycles. The molecule has 1 aromatic heterocycles. The minimum Gasteiger partial charge on any atom is -0.303 e. The van der Waals surface area contributed by atoms with Gasteiger partial charge in [-0.1, -0.05) is 54.6 Å². The Labute approximate surface area is 213 Å². The Morgan fingerprint density at radius 1 is 0.972 bits per heavy atom. The minimum atomic E-state index is -3.69. The monoisotopic (exact) mass is 516 g/mol. The van der Waals surface area contributed by atoms with Crippen molar-refractivity contribution in [3.63, 3.8) is 0 Å². The molecule has 2 aliphatic rings. The Balaban J connectivity index is 1.31. The SMILES string of the molecule is O=C(Cc1ccc2c3c(cccc13)C(=O)N2Cc1ccccc1)C1CCCN1S(=O)(=O)c1cccs1. The lowest BCUT2D eigenvalue weighted by molar-refractivity contribution is -0.121. The van der Waals surface area contributed by atoms with E-state index in [0.717, 1.165) is 27.6 Å². The Kier molecular flexibility index (Phi) is 5.75. The highest BCUT2D eigenvalue weighted by atomic mass is 32.2. The van der Waals surface area contributed by atoms with Crippen LogP contribution in [0.3, 0.4) is 0 Å². The van der Waals surface area contributed by atoms with Gasteiger partial charge in [0.05, 0.1) is 18.3 Å². The largest absolute Gasteiger partial charge is 0.303 e. The van der Waals surface area contributed by atoms with E-state index in [-0.39, 0.29) is 22.3 Å². The molecule has 3 aromatic carbocycles. The number of ketones is 1. The van der Waals surface area contributed by atoms with Gasteiger partial charge in [0, 0.05) is 23.9 Å². The molecule has 0 N–H and O–H groups in total. The van der Waals surface area contributed by atoms with Crippen molar-refractivity contribution >= 4 is 49.5 Å². The normalized spacial score (nSPS) is 17.8. The molecular weight excluding hydrogens is 492 g/mol. The minimum absolute atomic E-state index is 0.0491. The molecule has 1 amide bonds. The first-order chi connectivity index (χ1) is 17.4. The Morgan fingerprint density at radius 3 is 2.58 bits per heavy atom. The second-order valence-electron chi connectivity index (χ2n) is 9.20. The van der Waals surface area contributed by atoms with E-state index in [9.17, 15) is 18.0 Å². The molecule has 4 aromatic rings. The fraction of sp³-hybridized carbons (Fsp3) is 0.214. The van der Waals surface area contributed by atoms with Crippen LogP contribution in [0.1, 0.15) is 34.3 Å². The zero-order valence-corrected chi connectivity index (χ0v) is 21.1. The highest BCUT2D eigenvalue weighted by molar-refractivity contribution is 7.91. The zero-order valence-electron chi connectivity index (χ0n) is 19.5. The van der Waals surface area contributed by atoms with E-state index in [1.165, 1.54) is 15.6 Å². The quantitative estimate of drug-likeness (QED) is 0.345. The van der Waals surface area contributed by atoms with Crippen molar-refractivity contribution in [3.05, 3.63) is 94.9 Å². The summed E-state index contributed by atoms with van der Waals surface area (Å²) in [4.78, 5) is 28.5. The lowest BCUT2D eigenvalue weighted by Crippen LogP contribution is -2.40. The molecule has 1 fully saturated rings. The van der Waals surface area contributed by atoms with E-state index in [0.29, 0.717) is 31.5 Å². The van der Waals surface area contributed by atoms with Gasteiger partial charge in [0.25, 0.3) is 15.9 Å². The number of nitrogens with zero attached hydrogens (tertiary/aromatic N) is 2. The fourth-order valence-corrected chi connectivity index (χ4v) is 8.16. The van der Waals surface area contributed by atoms with Gasteiger partial charge in [-0.2, -0.15) is 4.31 Å². The molecule has 1 saturated heterocycles. The lowest BCUT2D eigenvalue weighted by atomic mass is 9.95. The molecule has 6 rings (SSSR count). The second-order valence-corrected chi connectivity index (χ2v) is 12.3. The topological polar surface area (TPSA) is 74.8 Å². The fourth-order valence-electron chi connectivity index (χ4n) is 5.36. The molecule has 0 bridgehead atoms. The summed E-state index contributed by atoms with van der Waals surface area (Å²) in [5.74, 6) is -0.161. The maximum Gasteiger partial charge on any atom is 0.259 e. The van der Waals surface area contributed by atoms with Crippen LogP contribution in [0.2, 0.25) is 0 Å². The zero-order chi connectivity index (χ0) is 24.9. The molecular formula is C28H24N2O4S2. The first-order valence-corrected chi connectivity index (χ1v) is 14.3. The van der Waals surface area contributed by atoms with E-state index >= 15 is 0 Å². The van der Waals surface area contributed by atoms with Crippen molar-refractivity contribution in [2.75, 3.05) is 11.4 Å². The number of hydrogen-bond donors (Lipinski definition) is 0. The van der Waals surface area contributed by atoms with Gasteiger partial charge >= 0.3 is 0 Å².